The van der Waals surface area contributed by atoms with Gasteiger partial charge in [0, 0.05) is 0 Å². The van der Waals surface area contributed by atoms with Crippen LogP contribution in [0.3, 0.4) is 0 Å². The zero-order valence-electron chi connectivity index (χ0n) is 12.8. The Morgan fingerprint density at radius 2 is 1.04 bits per heavy atom. The second-order valence-corrected chi connectivity index (χ2v) is 6.16. The second-order valence-electron chi connectivity index (χ2n) is 4.76. The normalized spacial score (nSPS) is 10.3. The van der Waals surface area contributed by atoms with Gasteiger partial charge in [-0.1, -0.05) is 36.4 Å². The van der Waals surface area contributed by atoms with Crippen molar-refractivity contribution in [2.24, 2.45) is 0 Å². The molecule has 3 aromatic rings. The molecular formula is C19H17O3P. The van der Waals surface area contributed by atoms with Crippen molar-refractivity contribution in [2.45, 2.75) is 0 Å². The Labute approximate surface area is 137 Å². The molecule has 0 N–H and O–H groups in total. The van der Waals surface area contributed by atoms with Crippen molar-refractivity contribution in [1.82, 2.24) is 0 Å². The van der Waals surface area contributed by atoms with Gasteiger partial charge in [-0.2, -0.15) is 0 Å². The lowest BCUT2D eigenvalue weighted by Crippen LogP contribution is -2.09. The molecule has 0 fully saturated rings. The molecule has 3 aromatic carbocycles. The maximum Gasteiger partial charge on any atom is 0.326 e. The molecule has 0 heterocycles. The smallest absolute Gasteiger partial charge is 0.326 e. The fourth-order valence-corrected chi connectivity index (χ4v) is 3.25. The summed E-state index contributed by atoms with van der Waals surface area (Å²) in [6.07, 6.45) is 0. The first-order chi connectivity index (χ1) is 11.3. The highest BCUT2D eigenvalue weighted by atomic mass is 31.2. The van der Waals surface area contributed by atoms with Gasteiger partial charge in [-0.3, -0.25) is 0 Å². The molecule has 0 saturated heterocycles. The van der Waals surface area contributed by atoms with E-state index >= 15 is 0 Å². The van der Waals surface area contributed by atoms with Gasteiger partial charge >= 0.3 is 8.38 Å². The summed E-state index contributed by atoms with van der Waals surface area (Å²) >= 11 is 0. The van der Waals surface area contributed by atoms with Crippen LogP contribution in [-0.4, -0.2) is 7.11 Å². The predicted molar refractivity (Wildman–Crippen MR) is 93.7 cm³/mol. The van der Waals surface area contributed by atoms with E-state index in [1.807, 2.05) is 84.9 Å². The number of methoxy groups -OCH3 is 1. The van der Waals surface area contributed by atoms with Crippen LogP contribution in [0.5, 0.6) is 17.2 Å². The van der Waals surface area contributed by atoms with E-state index in [0.717, 1.165) is 22.6 Å². The molecule has 0 spiro atoms. The summed E-state index contributed by atoms with van der Waals surface area (Å²) in [4.78, 5) is 0. The third kappa shape index (κ3) is 4.24. The molecule has 0 radical (unpaired) electrons. The van der Waals surface area contributed by atoms with Crippen LogP contribution in [-0.2, 0) is 0 Å². The number of benzene rings is 3. The van der Waals surface area contributed by atoms with Gasteiger partial charge in [0.25, 0.3) is 0 Å². The van der Waals surface area contributed by atoms with Crippen molar-refractivity contribution < 1.29 is 13.8 Å². The van der Waals surface area contributed by atoms with E-state index in [1.165, 1.54) is 0 Å². The van der Waals surface area contributed by atoms with E-state index < -0.39 is 8.38 Å². The van der Waals surface area contributed by atoms with Gasteiger partial charge in [0.2, 0.25) is 0 Å². The summed E-state index contributed by atoms with van der Waals surface area (Å²) in [7, 11) is 0.370. The van der Waals surface area contributed by atoms with Gasteiger partial charge in [0.1, 0.15) is 17.2 Å². The van der Waals surface area contributed by atoms with E-state index in [1.54, 1.807) is 7.11 Å². The first kappa shape index (κ1) is 15.4. The maximum atomic E-state index is 6.08. The summed E-state index contributed by atoms with van der Waals surface area (Å²) in [6, 6.07) is 27.1. The quantitative estimate of drug-likeness (QED) is 0.610. The van der Waals surface area contributed by atoms with Crippen LogP contribution in [0.15, 0.2) is 84.9 Å². The summed E-state index contributed by atoms with van der Waals surface area (Å²) in [5.41, 5.74) is 0. The van der Waals surface area contributed by atoms with Crippen molar-refractivity contribution in [3.8, 4) is 17.2 Å². The molecule has 0 aromatic heterocycles. The molecule has 0 unspecified atom stereocenters. The lowest BCUT2D eigenvalue weighted by Gasteiger charge is -2.19. The Morgan fingerprint density at radius 1 is 0.565 bits per heavy atom. The monoisotopic (exact) mass is 324 g/mol. The third-order valence-corrected chi connectivity index (χ3v) is 4.62. The van der Waals surface area contributed by atoms with Gasteiger partial charge in [0.15, 0.2) is 0 Å². The number of rotatable bonds is 6. The van der Waals surface area contributed by atoms with Gasteiger partial charge in [-0.25, -0.2) is 0 Å². The van der Waals surface area contributed by atoms with E-state index in [-0.39, 0.29) is 0 Å². The van der Waals surface area contributed by atoms with Crippen LogP contribution in [0, 0.1) is 0 Å². The molecule has 4 heteroatoms. The van der Waals surface area contributed by atoms with Crippen molar-refractivity contribution in [3.63, 3.8) is 0 Å². The van der Waals surface area contributed by atoms with Crippen LogP contribution in [0.2, 0.25) is 0 Å². The highest BCUT2D eigenvalue weighted by molar-refractivity contribution is 7.56. The van der Waals surface area contributed by atoms with Crippen LogP contribution in [0.4, 0.5) is 0 Å². The van der Waals surface area contributed by atoms with E-state index in [4.69, 9.17) is 13.8 Å². The summed E-state index contributed by atoms with van der Waals surface area (Å²) < 4.78 is 17.4. The molecule has 0 amide bonds. The van der Waals surface area contributed by atoms with Crippen LogP contribution < -0.4 is 19.1 Å². The minimum absolute atomic E-state index is 0.783. The largest absolute Gasteiger partial charge is 0.497 e. The van der Waals surface area contributed by atoms with E-state index in [9.17, 15) is 0 Å². The maximum absolute atomic E-state index is 6.08. The summed E-state index contributed by atoms with van der Waals surface area (Å²) in [5, 5.41) is 0.980. The molecule has 0 atom stereocenters. The number of para-hydroxylation sites is 2. The topological polar surface area (TPSA) is 27.7 Å². The van der Waals surface area contributed by atoms with Gasteiger partial charge < -0.3 is 13.8 Å². The Balaban J connectivity index is 1.85. The minimum Gasteiger partial charge on any atom is -0.497 e. The highest BCUT2D eigenvalue weighted by Gasteiger charge is 2.18. The molecule has 0 saturated carbocycles. The Hall–Kier alpha value is -2.51. The van der Waals surface area contributed by atoms with E-state index in [2.05, 4.69) is 0 Å². The summed E-state index contributed by atoms with van der Waals surface area (Å²) in [6.45, 7) is 0. The molecule has 0 bridgehead atoms. The average molecular weight is 324 g/mol. The highest BCUT2D eigenvalue weighted by Crippen LogP contribution is 2.39. The van der Waals surface area contributed by atoms with Crippen molar-refractivity contribution in [1.29, 1.82) is 0 Å². The molecule has 3 nitrogen and oxygen atoms in total. The molecule has 0 aliphatic rings. The Morgan fingerprint density at radius 3 is 1.48 bits per heavy atom. The molecule has 23 heavy (non-hydrogen) atoms. The number of ether oxygens (including phenoxy) is 1. The van der Waals surface area contributed by atoms with Crippen LogP contribution >= 0.6 is 8.38 Å². The zero-order chi connectivity index (χ0) is 15.9. The molecule has 3 rings (SSSR count). The zero-order valence-corrected chi connectivity index (χ0v) is 13.6. The predicted octanol–water partition coefficient (Wildman–Crippen LogP) is 4.79. The van der Waals surface area contributed by atoms with Gasteiger partial charge in [0.05, 0.1) is 12.4 Å². The van der Waals surface area contributed by atoms with Gasteiger partial charge in [-0.05, 0) is 48.5 Å². The van der Waals surface area contributed by atoms with Crippen LogP contribution in [0.1, 0.15) is 0 Å². The molecular weight excluding hydrogens is 307 g/mol. The molecule has 0 aliphatic carbocycles. The van der Waals surface area contributed by atoms with Crippen molar-refractivity contribution in [2.75, 3.05) is 7.11 Å². The number of hydrogen-bond acceptors (Lipinski definition) is 3. The SMILES string of the molecule is COc1ccc(P(Oc2ccccc2)Oc2ccccc2)cc1. The van der Waals surface area contributed by atoms with Gasteiger partial charge in [-0.15, -0.1) is 0 Å². The Kier molecular flexibility index (Phi) is 5.13. The fourth-order valence-electron chi connectivity index (χ4n) is 1.98. The van der Waals surface area contributed by atoms with E-state index in [0.29, 0.717) is 0 Å². The summed E-state index contributed by atoms with van der Waals surface area (Å²) in [5.74, 6) is 2.37. The second kappa shape index (κ2) is 7.66. The fraction of sp³-hybridized carbons (Fsp3) is 0.0526. The molecule has 116 valence electrons. The standard InChI is InChI=1S/C19H17O3P/c1-20-16-12-14-19(15-13-16)23(21-17-8-4-2-5-9-17)22-18-10-6-3-7-11-18/h2-15H,1H3. The first-order valence-corrected chi connectivity index (χ1v) is 8.43. The lowest BCUT2D eigenvalue weighted by molar-refractivity contribution is 0.415. The molecule has 0 aliphatic heterocycles. The first-order valence-electron chi connectivity index (χ1n) is 7.25. The van der Waals surface area contributed by atoms with Crippen molar-refractivity contribution >= 4 is 13.7 Å². The lowest BCUT2D eigenvalue weighted by atomic mass is 10.3. The number of hydrogen-bond donors (Lipinski definition) is 0. The van der Waals surface area contributed by atoms with Crippen LogP contribution in [0.25, 0.3) is 0 Å². The third-order valence-electron chi connectivity index (χ3n) is 3.15. The Bertz CT molecular complexity index is 673. The minimum atomic E-state index is -1.28. The van der Waals surface area contributed by atoms with Crippen molar-refractivity contribution in [3.05, 3.63) is 84.9 Å². The average Bonchev–Trinajstić information content (AvgIpc) is 2.63.